The Kier molecular flexibility index (Phi) is 42.5. The highest BCUT2D eigenvalue weighted by Gasteiger charge is 2.01. The van der Waals surface area contributed by atoms with E-state index in [1.807, 2.05) is 35.7 Å². The molecule has 9 rings (SSSR count). The lowest BCUT2D eigenvalue weighted by molar-refractivity contribution is 0.302. The molecule has 8 aromatic carbocycles. The van der Waals surface area contributed by atoms with Crippen molar-refractivity contribution in [3.63, 3.8) is 0 Å². The Balaban J connectivity index is 0.000000492. The molecule has 0 bridgehead atoms. The third-order valence-corrected chi connectivity index (χ3v) is 14.2. The number of hydrogen-bond donors (Lipinski definition) is 0. The largest absolute Gasteiger partial charge is 0.493 e. The zero-order valence-corrected chi connectivity index (χ0v) is 54.9. The van der Waals surface area contributed by atoms with Crippen LogP contribution in [0.4, 0.5) is 0 Å². The molecule has 0 aliphatic carbocycles. The van der Waals surface area contributed by atoms with Gasteiger partial charge in [0.25, 0.3) is 0 Å². The van der Waals surface area contributed by atoms with Gasteiger partial charge in [0.2, 0.25) is 0 Å². The van der Waals surface area contributed by atoms with Crippen LogP contribution < -0.4 is 14.2 Å². The maximum Gasteiger partial charge on any atom is 0.173 e. The number of hydrogen-bond acceptors (Lipinski definition) is 4. The van der Waals surface area contributed by atoms with Crippen molar-refractivity contribution in [2.24, 2.45) is 0 Å². The number of benzene rings is 8. The fraction of sp³-hybridized carbons (Fsp3) is 0.375. The monoisotopic (exact) mass is 1150 g/mol. The van der Waals surface area contributed by atoms with Crippen LogP contribution in [0.5, 0.6) is 16.6 Å². The molecule has 0 saturated carbocycles. The van der Waals surface area contributed by atoms with Crippen LogP contribution in [0, 0.1) is 83.1 Å². The Hall–Kier alpha value is -6.88. The van der Waals surface area contributed by atoms with Crippen molar-refractivity contribution in [3.8, 4) is 16.6 Å². The van der Waals surface area contributed by atoms with Gasteiger partial charge in [-0.05, 0) is 159 Å². The highest BCUT2D eigenvalue weighted by molar-refractivity contribution is 7.11. The highest BCUT2D eigenvalue weighted by Crippen LogP contribution is 2.21. The molecule has 0 aliphatic rings. The van der Waals surface area contributed by atoms with Crippen molar-refractivity contribution in [3.05, 3.63) is 266 Å². The van der Waals surface area contributed by atoms with E-state index in [0.29, 0.717) is 0 Å². The maximum atomic E-state index is 5.86. The highest BCUT2D eigenvalue weighted by atomic mass is 32.1. The fourth-order valence-corrected chi connectivity index (χ4v) is 8.53. The zero-order valence-electron chi connectivity index (χ0n) is 54.1. The quantitative estimate of drug-likeness (QED) is 0.0851. The van der Waals surface area contributed by atoms with Gasteiger partial charge in [-0.3, -0.25) is 0 Å². The number of ether oxygens (including phenoxy) is 3. The van der Waals surface area contributed by atoms with Crippen LogP contribution in [-0.2, 0) is 0 Å². The molecule has 0 saturated heterocycles. The first kappa shape index (κ1) is 75.1. The summed E-state index contributed by atoms with van der Waals surface area (Å²) >= 11 is 1.60. The van der Waals surface area contributed by atoms with E-state index in [0.717, 1.165) is 29.8 Å². The van der Waals surface area contributed by atoms with Gasteiger partial charge in [-0.25, -0.2) is 0 Å². The Morgan fingerprint density at radius 1 is 0.298 bits per heavy atom. The summed E-state index contributed by atoms with van der Waals surface area (Å²) in [5.41, 5.74) is 15.6. The van der Waals surface area contributed by atoms with E-state index in [9.17, 15) is 0 Å². The van der Waals surface area contributed by atoms with Gasteiger partial charge in [-0.15, -0.1) is 11.3 Å². The van der Waals surface area contributed by atoms with Gasteiger partial charge in [0, 0.05) is 0 Å². The van der Waals surface area contributed by atoms with E-state index >= 15 is 0 Å². The van der Waals surface area contributed by atoms with E-state index in [-0.39, 0.29) is 7.43 Å². The predicted molar refractivity (Wildman–Crippen MR) is 375 cm³/mol. The molecule has 84 heavy (non-hydrogen) atoms. The first-order chi connectivity index (χ1) is 40.0. The second kappa shape index (κ2) is 47.5. The Labute approximate surface area is 517 Å². The predicted octanol–water partition coefficient (Wildman–Crippen LogP) is 24.5. The summed E-state index contributed by atoms with van der Waals surface area (Å²) in [4.78, 5) is 0. The molecule has 0 N–H and O–H groups in total. The molecule has 0 atom stereocenters. The fourth-order valence-electron chi connectivity index (χ4n) is 7.99. The second-order valence-electron chi connectivity index (χ2n) is 21.9. The molecule has 3 nitrogen and oxygen atoms in total. The molecular weight excluding hydrogens is 1040 g/mol. The average molecular weight is 1150 g/mol. The van der Waals surface area contributed by atoms with Crippen LogP contribution in [-0.4, -0.2) is 20.3 Å². The Morgan fingerprint density at radius 2 is 0.619 bits per heavy atom. The average Bonchev–Trinajstić information content (AvgIpc) is 4.09. The van der Waals surface area contributed by atoms with E-state index in [4.69, 9.17) is 14.2 Å². The van der Waals surface area contributed by atoms with Gasteiger partial charge in [-0.2, -0.15) is 0 Å². The topological polar surface area (TPSA) is 27.7 Å². The SMILES string of the molecule is C.CCCCCCCCCCOc1cc(C)ccc1C.CCCCCCOc1cc(C)ccc1C.COc1cccs1.Cc1ccc(C)cc1.Cc1ccc(C)cc1.Cc1ccc(C)cc1.Cc1ccc2ccccc2c1.Cc1ccccc1. The number of methoxy groups -OCH3 is 1. The van der Waals surface area contributed by atoms with Crippen molar-refractivity contribution in [2.75, 3.05) is 20.3 Å². The minimum atomic E-state index is 0. The summed E-state index contributed by atoms with van der Waals surface area (Å²) in [5.74, 6) is 2.11. The van der Waals surface area contributed by atoms with Gasteiger partial charge in [0.1, 0.15) is 11.5 Å². The molecule has 1 heterocycles. The van der Waals surface area contributed by atoms with Crippen LogP contribution in [0.2, 0.25) is 0 Å². The van der Waals surface area contributed by atoms with Gasteiger partial charge in [0.15, 0.2) is 5.06 Å². The van der Waals surface area contributed by atoms with Crippen molar-refractivity contribution in [1.82, 2.24) is 0 Å². The van der Waals surface area contributed by atoms with Crippen LogP contribution in [0.25, 0.3) is 10.8 Å². The third-order valence-electron chi connectivity index (χ3n) is 13.4. The summed E-state index contributed by atoms with van der Waals surface area (Å²) < 4.78 is 16.5. The molecule has 454 valence electrons. The van der Waals surface area contributed by atoms with E-state index in [1.54, 1.807) is 18.4 Å². The number of thiophene rings is 1. The van der Waals surface area contributed by atoms with Gasteiger partial charge in [0.05, 0.1) is 20.3 Å². The lowest BCUT2D eigenvalue weighted by Crippen LogP contribution is -1.99. The van der Waals surface area contributed by atoms with E-state index < -0.39 is 0 Å². The summed E-state index contributed by atoms with van der Waals surface area (Å²) in [6, 6.07) is 67.3. The lowest BCUT2D eigenvalue weighted by Gasteiger charge is -2.09. The van der Waals surface area contributed by atoms with Crippen molar-refractivity contribution >= 4 is 22.1 Å². The van der Waals surface area contributed by atoms with Crippen molar-refractivity contribution in [2.45, 2.75) is 181 Å². The summed E-state index contributed by atoms with van der Waals surface area (Å²) in [6.45, 7) is 31.4. The smallest absolute Gasteiger partial charge is 0.173 e. The second-order valence-corrected chi connectivity index (χ2v) is 22.8. The van der Waals surface area contributed by atoms with Crippen molar-refractivity contribution in [1.29, 1.82) is 0 Å². The Bertz CT molecular complexity index is 2790. The summed E-state index contributed by atoms with van der Waals surface area (Å²) in [6.07, 6.45) is 15.8. The van der Waals surface area contributed by atoms with Gasteiger partial charge < -0.3 is 14.2 Å². The molecule has 9 aromatic rings. The number of fused-ring (bicyclic) bond motifs is 1. The number of aryl methyl sites for hydroxylation is 12. The molecule has 4 heteroatoms. The minimum absolute atomic E-state index is 0. The van der Waals surface area contributed by atoms with Gasteiger partial charge in [-0.1, -0.05) is 300 Å². The van der Waals surface area contributed by atoms with Crippen LogP contribution in [0.15, 0.2) is 200 Å². The maximum absolute atomic E-state index is 5.86. The third kappa shape index (κ3) is 38.1. The Morgan fingerprint density at radius 3 is 0.964 bits per heavy atom. The van der Waals surface area contributed by atoms with E-state index in [2.05, 4.69) is 261 Å². The molecule has 0 unspecified atom stereocenters. The van der Waals surface area contributed by atoms with Crippen LogP contribution >= 0.6 is 11.3 Å². The summed E-state index contributed by atoms with van der Waals surface area (Å²) in [5, 5.41) is 5.60. The van der Waals surface area contributed by atoms with Gasteiger partial charge >= 0.3 is 0 Å². The van der Waals surface area contributed by atoms with Crippen LogP contribution in [0.1, 0.15) is 165 Å². The molecule has 0 radical (unpaired) electrons. The standard InChI is InChI=1S/C18H30O.C14H22O.C11H10.3C8H10.C7H8.C5H6OS.CH4/c1-4-5-6-7-8-9-10-11-14-19-18-15-16(2)12-13-17(18)3;1-4-5-6-7-10-15-14-11-12(2)8-9-13(14)3;1-9-6-7-10-4-2-3-5-11(10)8-9;3*1-7-3-5-8(2)6-4-7;1-7-5-3-2-4-6-7;1-6-5-3-2-4-7-5;/h12-13,15H,4-11,14H2,1-3H3;8-9,11H,4-7,10H2,1-3H3;2-8H,1H3;3*3-6H,1-2H3;2-6H,1H3;2-4H,1H3;1H4. The normalized spacial score (nSPS) is 9.70. The molecular formula is C80H110O3S. The summed E-state index contributed by atoms with van der Waals surface area (Å²) in [7, 11) is 1.67. The molecule has 0 aliphatic heterocycles. The van der Waals surface area contributed by atoms with E-state index in [1.165, 1.54) is 155 Å². The lowest BCUT2D eigenvalue weighted by atomic mass is 10.1. The van der Waals surface area contributed by atoms with Crippen LogP contribution in [0.3, 0.4) is 0 Å². The molecule has 0 amide bonds. The first-order valence-electron chi connectivity index (χ1n) is 30.6. The molecule has 1 aromatic heterocycles. The molecule has 0 spiro atoms. The number of unbranched alkanes of at least 4 members (excludes halogenated alkanes) is 10. The minimum Gasteiger partial charge on any atom is -0.493 e. The zero-order chi connectivity index (χ0) is 60.9. The molecule has 0 fully saturated rings. The van der Waals surface area contributed by atoms with Crippen molar-refractivity contribution < 1.29 is 14.2 Å². The first-order valence-corrected chi connectivity index (χ1v) is 31.5. The number of rotatable bonds is 17.